The Bertz CT molecular complexity index is 1450. The second-order valence-corrected chi connectivity index (χ2v) is 9.98. The van der Waals surface area contributed by atoms with Gasteiger partial charge in [0.05, 0.1) is 20.6 Å². The lowest BCUT2D eigenvalue weighted by Gasteiger charge is -2.11. The Labute approximate surface area is 218 Å². The number of benzene rings is 4. The molecule has 0 aliphatic carbocycles. The molecule has 0 unspecified atom stereocenters. The van der Waals surface area contributed by atoms with Gasteiger partial charge in [-0.2, -0.15) is 0 Å². The number of nitrogens with one attached hydrogen (secondary N) is 2. The van der Waals surface area contributed by atoms with Crippen molar-refractivity contribution >= 4 is 50.5 Å². The van der Waals surface area contributed by atoms with Crippen molar-refractivity contribution in [3.05, 3.63) is 107 Å². The summed E-state index contributed by atoms with van der Waals surface area (Å²) in [6.45, 7) is -0.254. The molecular formula is C26H20Cl2N2O5S. The van der Waals surface area contributed by atoms with Crippen molar-refractivity contribution < 1.29 is 22.7 Å². The molecule has 36 heavy (non-hydrogen) atoms. The molecule has 0 radical (unpaired) electrons. The third-order valence-corrected chi connectivity index (χ3v) is 6.93. The number of carbonyl (C=O) groups excluding carboxylic acids is 1. The van der Waals surface area contributed by atoms with E-state index in [0.29, 0.717) is 28.0 Å². The van der Waals surface area contributed by atoms with Gasteiger partial charge in [0.15, 0.2) is 6.61 Å². The standard InChI is InChI=1S/C26H20Cl2N2O5S/c27-24-15-8-19(16-25(24)28)30-36(32,33)23-13-11-20(12-14-23)34-17-26(31)29-18-6-9-22(10-7-18)35-21-4-2-1-3-5-21/h1-16,30H,17H2,(H,29,31). The summed E-state index contributed by atoms with van der Waals surface area (Å²) in [6, 6.07) is 26.4. The third-order valence-electron chi connectivity index (χ3n) is 4.79. The van der Waals surface area contributed by atoms with Gasteiger partial charge in [-0.1, -0.05) is 41.4 Å². The third kappa shape index (κ3) is 6.91. The zero-order valence-electron chi connectivity index (χ0n) is 18.7. The largest absolute Gasteiger partial charge is 0.484 e. The van der Waals surface area contributed by atoms with E-state index in [9.17, 15) is 13.2 Å². The molecule has 0 heterocycles. The molecular weight excluding hydrogens is 523 g/mol. The van der Waals surface area contributed by atoms with Crippen molar-refractivity contribution in [2.45, 2.75) is 4.90 Å². The number of halogens is 2. The monoisotopic (exact) mass is 542 g/mol. The summed E-state index contributed by atoms with van der Waals surface area (Å²) in [5.41, 5.74) is 0.861. The van der Waals surface area contributed by atoms with Crippen LogP contribution in [0.15, 0.2) is 102 Å². The first-order valence-electron chi connectivity index (χ1n) is 10.6. The topological polar surface area (TPSA) is 93.7 Å². The highest BCUT2D eigenvalue weighted by Gasteiger charge is 2.15. The molecule has 0 atom stereocenters. The maximum absolute atomic E-state index is 12.6. The predicted molar refractivity (Wildman–Crippen MR) is 141 cm³/mol. The van der Waals surface area contributed by atoms with E-state index >= 15 is 0 Å². The summed E-state index contributed by atoms with van der Waals surface area (Å²) in [6.07, 6.45) is 0. The first-order chi connectivity index (χ1) is 17.3. The van der Waals surface area contributed by atoms with Crippen molar-refractivity contribution in [1.82, 2.24) is 0 Å². The second kappa shape index (κ2) is 11.3. The number of hydrogen-bond acceptors (Lipinski definition) is 5. The van der Waals surface area contributed by atoms with E-state index in [1.165, 1.54) is 42.5 Å². The molecule has 0 fully saturated rings. The van der Waals surface area contributed by atoms with E-state index < -0.39 is 10.0 Å². The van der Waals surface area contributed by atoms with Crippen molar-refractivity contribution in [3.63, 3.8) is 0 Å². The fourth-order valence-corrected chi connectivity index (χ4v) is 4.41. The minimum absolute atomic E-state index is 0.0168. The lowest BCUT2D eigenvalue weighted by molar-refractivity contribution is -0.118. The minimum atomic E-state index is -3.85. The van der Waals surface area contributed by atoms with Crippen LogP contribution in [0.3, 0.4) is 0 Å². The number of amides is 1. The van der Waals surface area contributed by atoms with Crippen LogP contribution >= 0.6 is 23.2 Å². The highest BCUT2D eigenvalue weighted by molar-refractivity contribution is 7.92. The van der Waals surface area contributed by atoms with Crippen LogP contribution in [0.4, 0.5) is 11.4 Å². The number of rotatable bonds is 9. The summed E-state index contributed by atoms with van der Waals surface area (Å²) in [7, 11) is -3.85. The van der Waals surface area contributed by atoms with Gasteiger partial charge in [-0.3, -0.25) is 9.52 Å². The summed E-state index contributed by atoms with van der Waals surface area (Å²) in [5, 5.41) is 3.28. The molecule has 7 nitrogen and oxygen atoms in total. The van der Waals surface area contributed by atoms with Crippen LogP contribution < -0.4 is 19.5 Å². The van der Waals surface area contributed by atoms with Gasteiger partial charge >= 0.3 is 0 Å². The summed E-state index contributed by atoms with van der Waals surface area (Å²) in [4.78, 5) is 12.3. The molecule has 0 saturated carbocycles. The summed E-state index contributed by atoms with van der Waals surface area (Å²) < 4.78 is 38.8. The molecule has 1 amide bonds. The van der Waals surface area contributed by atoms with E-state index in [2.05, 4.69) is 10.0 Å². The van der Waals surface area contributed by atoms with Gasteiger partial charge in [-0.05, 0) is 78.9 Å². The minimum Gasteiger partial charge on any atom is -0.484 e. The van der Waals surface area contributed by atoms with Crippen molar-refractivity contribution in [1.29, 1.82) is 0 Å². The highest BCUT2D eigenvalue weighted by Crippen LogP contribution is 2.27. The van der Waals surface area contributed by atoms with Crippen LogP contribution in [-0.2, 0) is 14.8 Å². The zero-order chi connectivity index (χ0) is 25.5. The van der Waals surface area contributed by atoms with Crippen LogP contribution in [0.2, 0.25) is 10.0 Å². The quantitative estimate of drug-likeness (QED) is 0.248. The highest BCUT2D eigenvalue weighted by atomic mass is 35.5. The second-order valence-electron chi connectivity index (χ2n) is 7.48. The first kappa shape index (κ1) is 25.4. The van der Waals surface area contributed by atoms with Crippen molar-refractivity contribution in [2.75, 3.05) is 16.6 Å². The Morgan fingerprint density at radius 2 is 1.33 bits per heavy atom. The molecule has 4 aromatic rings. The maximum atomic E-state index is 12.6. The van der Waals surface area contributed by atoms with Crippen LogP contribution in [-0.4, -0.2) is 20.9 Å². The van der Waals surface area contributed by atoms with E-state index in [1.54, 1.807) is 24.3 Å². The Hall–Kier alpha value is -3.72. The van der Waals surface area contributed by atoms with Crippen molar-refractivity contribution in [2.24, 2.45) is 0 Å². The lowest BCUT2D eigenvalue weighted by Crippen LogP contribution is -2.20. The Balaban J connectivity index is 1.28. The van der Waals surface area contributed by atoms with Gasteiger partial charge in [0.2, 0.25) is 0 Å². The maximum Gasteiger partial charge on any atom is 0.262 e. The molecule has 10 heteroatoms. The Kier molecular flexibility index (Phi) is 8.00. The SMILES string of the molecule is O=C(COc1ccc(S(=O)(=O)Nc2ccc(Cl)c(Cl)c2)cc1)Nc1ccc(Oc2ccccc2)cc1. The first-order valence-corrected chi connectivity index (χ1v) is 12.9. The molecule has 0 aliphatic rings. The molecule has 0 saturated heterocycles. The predicted octanol–water partition coefficient (Wildman–Crippen LogP) is 6.60. The van der Waals surface area contributed by atoms with Gasteiger partial charge in [-0.25, -0.2) is 8.42 Å². The molecule has 0 aromatic heterocycles. The van der Waals surface area contributed by atoms with E-state index in [1.807, 2.05) is 30.3 Å². The van der Waals surface area contributed by atoms with E-state index in [0.717, 1.165) is 0 Å². The van der Waals surface area contributed by atoms with Crippen LogP contribution in [0, 0.1) is 0 Å². The van der Waals surface area contributed by atoms with Gasteiger partial charge in [0, 0.05) is 5.69 Å². The van der Waals surface area contributed by atoms with E-state index in [-0.39, 0.29) is 28.1 Å². The smallest absolute Gasteiger partial charge is 0.262 e. The van der Waals surface area contributed by atoms with Crippen LogP contribution in [0.1, 0.15) is 0 Å². The molecule has 4 rings (SSSR count). The number of para-hydroxylation sites is 1. The summed E-state index contributed by atoms with van der Waals surface area (Å²) >= 11 is 11.8. The number of anilines is 2. The number of hydrogen-bond donors (Lipinski definition) is 2. The van der Waals surface area contributed by atoms with Gasteiger partial charge in [0.1, 0.15) is 17.2 Å². The Morgan fingerprint density at radius 3 is 2.00 bits per heavy atom. The molecule has 0 aliphatic heterocycles. The number of carbonyl (C=O) groups is 1. The molecule has 184 valence electrons. The number of sulfonamides is 1. The van der Waals surface area contributed by atoms with Crippen molar-refractivity contribution in [3.8, 4) is 17.2 Å². The van der Waals surface area contributed by atoms with Gasteiger partial charge in [0.25, 0.3) is 15.9 Å². The van der Waals surface area contributed by atoms with Gasteiger partial charge in [-0.15, -0.1) is 0 Å². The fourth-order valence-electron chi connectivity index (χ4n) is 3.07. The number of ether oxygens (including phenoxy) is 2. The molecule has 4 aromatic carbocycles. The van der Waals surface area contributed by atoms with E-state index in [4.69, 9.17) is 32.7 Å². The van der Waals surface area contributed by atoms with Gasteiger partial charge < -0.3 is 14.8 Å². The fraction of sp³-hybridized carbons (Fsp3) is 0.0385. The average Bonchev–Trinajstić information content (AvgIpc) is 2.87. The molecule has 0 spiro atoms. The zero-order valence-corrected chi connectivity index (χ0v) is 21.0. The average molecular weight is 543 g/mol. The van der Waals surface area contributed by atoms with Crippen LogP contribution in [0.25, 0.3) is 0 Å². The Morgan fingerprint density at radius 1 is 0.722 bits per heavy atom. The molecule has 2 N–H and O–H groups in total. The normalized spacial score (nSPS) is 10.9. The lowest BCUT2D eigenvalue weighted by atomic mass is 10.3. The summed E-state index contributed by atoms with van der Waals surface area (Å²) in [5.74, 6) is 1.32. The molecule has 0 bridgehead atoms. The van der Waals surface area contributed by atoms with Crippen LogP contribution in [0.5, 0.6) is 17.2 Å².